The van der Waals surface area contributed by atoms with E-state index in [1.807, 2.05) is 12.3 Å². The largest absolute Gasteiger partial charge is 0.330 e. The molecule has 2 rings (SSSR count). The van der Waals surface area contributed by atoms with E-state index in [0.29, 0.717) is 30.4 Å². The lowest BCUT2D eigenvalue weighted by Crippen LogP contribution is -2.40. The molecule has 0 aliphatic carbocycles. The normalized spacial score (nSPS) is 17.7. The summed E-state index contributed by atoms with van der Waals surface area (Å²) in [6, 6.07) is 7.13. The zero-order chi connectivity index (χ0) is 13.9. The van der Waals surface area contributed by atoms with Gasteiger partial charge in [0.1, 0.15) is 0 Å². The van der Waals surface area contributed by atoms with Crippen LogP contribution in [-0.2, 0) is 10.0 Å². The Morgan fingerprint density at radius 3 is 2.55 bits per heavy atom. The van der Waals surface area contributed by atoms with Crippen LogP contribution in [-0.4, -0.2) is 38.6 Å². The molecule has 1 aromatic rings. The van der Waals surface area contributed by atoms with Crippen molar-refractivity contribution >= 4 is 34.2 Å². The fourth-order valence-corrected chi connectivity index (χ4v) is 4.35. The van der Waals surface area contributed by atoms with E-state index in [1.54, 1.807) is 34.3 Å². The van der Waals surface area contributed by atoms with Gasteiger partial charge in [0.05, 0.1) is 4.90 Å². The summed E-state index contributed by atoms with van der Waals surface area (Å²) in [5.41, 5.74) is 5.64. The van der Waals surface area contributed by atoms with E-state index in [1.165, 1.54) is 0 Å². The molecular weight excluding hydrogens is 316 g/mol. The molecule has 0 bridgehead atoms. The maximum absolute atomic E-state index is 12.5. The Morgan fingerprint density at radius 1 is 1.35 bits per heavy atom. The molecule has 0 amide bonds. The number of hydrogen-bond acceptors (Lipinski definition) is 4. The van der Waals surface area contributed by atoms with Gasteiger partial charge in [-0.15, -0.1) is 24.2 Å². The highest BCUT2D eigenvalue weighted by Gasteiger charge is 2.28. The van der Waals surface area contributed by atoms with Crippen LogP contribution in [0.25, 0.3) is 0 Å². The summed E-state index contributed by atoms with van der Waals surface area (Å²) >= 11 is 1.55. The molecule has 20 heavy (non-hydrogen) atoms. The lowest BCUT2D eigenvalue weighted by Gasteiger charge is -2.30. The Balaban J connectivity index is 0.00000200. The van der Waals surface area contributed by atoms with Crippen molar-refractivity contribution in [3.05, 3.63) is 24.3 Å². The summed E-state index contributed by atoms with van der Waals surface area (Å²) in [6.07, 6.45) is 3.66. The summed E-state index contributed by atoms with van der Waals surface area (Å²) in [5, 5.41) is 0. The predicted octanol–water partition coefficient (Wildman–Crippen LogP) is 2.19. The minimum absolute atomic E-state index is 0. The van der Waals surface area contributed by atoms with Gasteiger partial charge in [0, 0.05) is 18.0 Å². The number of rotatable bonds is 4. The molecule has 2 N–H and O–H groups in total. The van der Waals surface area contributed by atoms with Crippen molar-refractivity contribution in [1.82, 2.24) is 4.31 Å². The van der Waals surface area contributed by atoms with Crippen molar-refractivity contribution in [3.63, 3.8) is 0 Å². The van der Waals surface area contributed by atoms with Crippen molar-refractivity contribution in [2.75, 3.05) is 25.9 Å². The Kier molecular flexibility index (Phi) is 6.81. The lowest BCUT2D eigenvalue weighted by molar-refractivity contribution is 0.278. The molecule has 1 heterocycles. The van der Waals surface area contributed by atoms with Gasteiger partial charge in [-0.05, 0) is 49.8 Å². The fraction of sp³-hybridized carbons (Fsp3) is 0.538. The van der Waals surface area contributed by atoms with Crippen LogP contribution in [0, 0.1) is 5.92 Å². The van der Waals surface area contributed by atoms with E-state index < -0.39 is 10.0 Å². The molecule has 0 aromatic heterocycles. The van der Waals surface area contributed by atoms with Gasteiger partial charge in [-0.2, -0.15) is 4.31 Å². The second-order valence-electron chi connectivity index (χ2n) is 4.76. The van der Waals surface area contributed by atoms with Gasteiger partial charge < -0.3 is 5.73 Å². The number of nitrogens with zero attached hydrogens (tertiary/aromatic N) is 1. The molecule has 0 atom stereocenters. The van der Waals surface area contributed by atoms with Crippen LogP contribution in [0.4, 0.5) is 0 Å². The lowest BCUT2D eigenvalue weighted by atomic mass is 9.99. The first-order chi connectivity index (χ1) is 9.07. The van der Waals surface area contributed by atoms with Crippen molar-refractivity contribution < 1.29 is 8.42 Å². The number of thioether (sulfide) groups is 1. The molecule has 1 aliphatic heterocycles. The molecule has 7 heteroatoms. The van der Waals surface area contributed by atoms with Crippen LogP contribution in [0.5, 0.6) is 0 Å². The van der Waals surface area contributed by atoms with Crippen LogP contribution < -0.4 is 5.73 Å². The molecule has 1 fully saturated rings. The minimum atomic E-state index is -3.35. The zero-order valence-corrected chi connectivity index (χ0v) is 13.9. The van der Waals surface area contributed by atoms with E-state index >= 15 is 0 Å². The minimum Gasteiger partial charge on any atom is -0.330 e. The summed E-state index contributed by atoms with van der Waals surface area (Å²) < 4.78 is 26.7. The molecule has 0 spiro atoms. The molecule has 0 saturated carbocycles. The highest BCUT2D eigenvalue weighted by atomic mass is 35.5. The van der Waals surface area contributed by atoms with Crippen molar-refractivity contribution in [2.24, 2.45) is 11.7 Å². The highest BCUT2D eigenvalue weighted by Crippen LogP contribution is 2.25. The fourth-order valence-electron chi connectivity index (χ4n) is 2.30. The van der Waals surface area contributed by atoms with Gasteiger partial charge in [0.2, 0.25) is 10.0 Å². The molecule has 4 nitrogen and oxygen atoms in total. The third-order valence-electron chi connectivity index (χ3n) is 3.59. The maximum Gasteiger partial charge on any atom is 0.243 e. The van der Waals surface area contributed by atoms with E-state index in [-0.39, 0.29) is 12.4 Å². The number of piperidine rings is 1. The summed E-state index contributed by atoms with van der Waals surface area (Å²) in [4.78, 5) is 1.36. The van der Waals surface area contributed by atoms with Gasteiger partial charge in [-0.1, -0.05) is 6.07 Å². The van der Waals surface area contributed by atoms with Gasteiger partial charge >= 0.3 is 0 Å². The molecule has 1 aromatic carbocycles. The molecular formula is C13H21ClN2O2S2. The third-order valence-corrected chi connectivity index (χ3v) is 6.21. The first-order valence-corrected chi connectivity index (χ1v) is 9.08. The standard InChI is InChI=1S/C13H20N2O2S2.ClH/c1-18-12-3-2-4-13(9-12)19(16,17)15-7-5-11(10-14)6-8-15;/h2-4,9,11H,5-8,10,14H2,1H3;1H. The van der Waals surface area contributed by atoms with Gasteiger partial charge in [-0.25, -0.2) is 8.42 Å². The van der Waals surface area contributed by atoms with E-state index in [4.69, 9.17) is 5.73 Å². The summed E-state index contributed by atoms with van der Waals surface area (Å²) in [7, 11) is -3.35. The van der Waals surface area contributed by atoms with Gasteiger partial charge in [0.25, 0.3) is 0 Å². The van der Waals surface area contributed by atoms with Crippen molar-refractivity contribution in [1.29, 1.82) is 0 Å². The topological polar surface area (TPSA) is 63.4 Å². The Labute approximate surface area is 131 Å². The quantitative estimate of drug-likeness (QED) is 0.856. The first kappa shape index (κ1) is 17.8. The average Bonchev–Trinajstić information content (AvgIpc) is 2.47. The third kappa shape index (κ3) is 3.89. The number of sulfonamides is 1. The number of benzene rings is 1. The van der Waals surface area contributed by atoms with Crippen LogP contribution in [0.15, 0.2) is 34.1 Å². The van der Waals surface area contributed by atoms with Crippen LogP contribution in [0.1, 0.15) is 12.8 Å². The second kappa shape index (κ2) is 7.66. The van der Waals surface area contributed by atoms with Gasteiger partial charge in [0.15, 0.2) is 0 Å². The number of hydrogen-bond donors (Lipinski definition) is 1. The Bertz CT molecular complexity index is 529. The van der Waals surface area contributed by atoms with Crippen molar-refractivity contribution in [2.45, 2.75) is 22.6 Å². The van der Waals surface area contributed by atoms with E-state index in [0.717, 1.165) is 17.7 Å². The smallest absolute Gasteiger partial charge is 0.243 e. The summed E-state index contributed by atoms with van der Waals surface area (Å²) in [5.74, 6) is 0.462. The molecule has 1 saturated heterocycles. The second-order valence-corrected chi connectivity index (χ2v) is 7.58. The van der Waals surface area contributed by atoms with Crippen LogP contribution in [0.2, 0.25) is 0 Å². The monoisotopic (exact) mass is 336 g/mol. The van der Waals surface area contributed by atoms with Crippen molar-refractivity contribution in [3.8, 4) is 0 Å². The molecule has 0 radical (unpaired) electrons. The highest BCUT2D eigenvalue weighted by molar-refractivity contribution is 7.98. The first-order valence-electron chi connectivity index (χ1n) is 6.42. The maximum atomic E-state index is 12.5. The van der Waals surface area contributed by atoms with Crippen LogP contribution in [0.3, 0.4) is 0 Å². The zero-order valence-electron chi connectivity index (χ0n) is 11.5. The SMILES string of the molecule is CSc1cccc(S(=O)(=O)N2CCC(CN)CC2)c1.Cl. The predicted molar refractivity (Wildman–Crippen MR) is 86.0 cm³/mol. The number of halogens is 1. The van der Waals surface area contributed by atoms with Crippen LogP contribution >= 0.6 is 24.2 Å². The van der Waals surface area contributed by atoms with Gasteiger partial charge in [-0.3, -0.25) is 0 Å². The summed E-state index contributed by atoms with van der Waals surface area (Å²) in [6.45, 7) is 1.80. The van der Waals surface area contributed by atoms with E-state index in [9.17, 15) is 8.42 Å². The Morgan fingerprint density at radius 2 is 2.00 bits per heavy atom. The number of nitrogens with two attached hydrogens (primary N) is 1. The molecule has 114 valence electrons. The average molecular weight is 337 g/mol. The Hall–Kier alpha value is -0.270. The molecule has 0 unspecified atom stereocenters. The molecule has 1 aliphatic rings. The van der Waals surface area contributed by atoms with E-state index in [2.05, 4.69) is 0 Å².